The van der Waals surface area contributed by atoms with Crippen LogP contribution in [0.5, 0.6) is 11.5 Å². The van der Waals surface area contributed by atoms with E-state index in [1.807, 2.05) is 60.4 Å². The molecule has 0 radical (unpaired) electrons. The number of piperidine rings is 1. The summed E-state index contributed by atoms with van der Waals surface area (Å²) in [5, 5.41) is 9.68. The van der Waals surface area contributed by atoms with Crippen LogP contribution in [0.1, 0.15) is 18.4 Å². The van der Waals surface area contributed by atoms with Gasteiger partial charge < -0.3 is 25.6 Å². The van der Waals surface area contributed by atoms with Gasteiger partial charge in [-0.2, -0.15) is 0 Å². The number of hydrogen-bond donors (Lipinski definition) is 3. The number of benzene rings is 2. The highest BCUT2D eigenvalue weighted by Crippen LogP contribution is 2.48. The molecule has 0 bridgehead atoms. The van der Waals surface area contributed by atoms with Crippen molar-refractivity contribution in [2.24, 2.45) is 5.92 Å². The smallest absolute Gasteiger partial charge is 0.326 e. The Labute approximate surface area is 231 Å². The van der Waals surface area contributed by atoms with E-state index in [9.17, 15) is 14.4 Å². The molecule has 3 saturated heterocycles. The fraction of sp³-hybridized carbons (Fsp3) is 0.345. The summed E-state index contributed by atoms with van der Waals surface area (Å²) in [5.74, 6) is 1.10. The number of urea groups is 1. The van der Waals surface area contributed by atoms with Crippen LogP contribution in [0, 0.1) is 12.8 Å². The van der Waals surface area contributed by atoms with Gasteiger partial charge in [0.1, 0.15) is 11.5 Å². The summed E-state index contributed by atoms with van der Waals surface area (Å²) in [6, 6.07) is 14.9. The molecule has 0 aromatic heterocycles. The zero-order valence-corrected chi connectivity index (χ0v) is 22.5. The summed E-state index contributed by atoms with van der Waals surface area (Å²) in [7, 11) is 0. The van der Waals surface area contributed by atoms with Gasteiger partial charge in [0.2, 0.25) is 5.91 Å². The number of amides is 4. The number of ether oxygens (including phenoxy) is 1. The third-order valence-electron chi connectivity index (χ3n) is 7.76. The second kappa shape index (κ2) is 10.4. The van der Waals surface area contributed by atoms with Gasteiger partial charge in [-0.1, -0.05) is 36.5 Å². The Morgan fingerprint density at radius 3 is 2.74 bits per heavy atom. The van der Waals surface area contributed by atoms with Crippen LogP contribution in [0.2, 0.25) is 0 Å². The van der Waals surface area contributed by atoms with Crippen molar-refractivity contribution in [3.63, 3.8) is 0 Å². The van der Waals surface area contributed by atoms with Crippen molar-refractivity contribution in [1.29, 1.82) is 0 Å². The number of para-hydroxylation sites is 1. The van der Waals surface area contributed by atoms with Crippen molar-refractivity contribution in [2.45, 2.75) is 37.2 Å². The first-order valence-electron chi connectivity index (χ1n) is 13.2. The molecule has 6 rings (SSSR count). The lowest BCUT2D eigenvalue weighted by Gasteiger charge is -2.46. The molecule has 39 heavy (non-hydrogen) atoms. The van der Waals surface area contributed by atoms with Gasteiger partial charge in [-0.25, -0.2) is 4.79 Å². The first-order valence-corrected chi connectivity index (χ1v) is 14.1. The van der Waals surface area contributed by atoms with E-state index in [0.29, 0.717) is 35.9 Å². The molecule has 0 spiro atoms. The predicted molar refractivity (Wildman–Crippen MR) is 150 cm³/mol. The maximum atomic E-state index is 13.6. The van der Waals surface area contributed by atoms with Gasteiger partial charge in [-0.05, 0) is 68.3 Å². The van der Waals surface area contributed by atoms with Gasteiger partial charge in [-0.15, -0.1) is 0 Å². The minimum Gasteiger partial charge on any atom is -0.457 e. The first-order chi connectivity index (χ1) is 18.9. The molecule has 2 aromatic rings. The van der Waals surface area contributed by atoms with Crippen molar-refractivity contribution in [3.8, 4) is 11.5 Å². The summed E-state index contributed by atoms with van der Waals surface area (Å²) in [6.07, 6.45) is 2.76. The van der Waals surface area contributed by atoms with E-state index < -0.39 is 0 Å². The molecule has 10 heteroatoms. The van der Waals surface area contributed by atoms with Crippen molar-refractivity contribution in [2.75, 3.05) is 24.5 Å². The van der Waals surface area contributed by atoms with Crippen LogP contribution >= 0.6 is 11.8 Å². The lowest BCUT2D eigenvalue weighted by atomic mass is 9.86. The summed E-state index contributed by atoms with van der Waals surface area (Å²) in [4.78, 5) is 43.0. The van der Waals surface area contributed by atoms with E-state index in [2.05, 4.69) is 22.5 Å². The van der Waals surface area contributed by atoms with Crippen LogP contribution in [0.3, 0.4) is 0 Å². The molecule has 0 saturated carbocycles. The lowest BCUT2D eigenvalue weighted by molar-refractivity contribution is -0.125. The maximum Gasteiger partial charge on any atom is 0.326 e. The van der Waals surface area contributed by atoms with Crippen molar-refractivity contribution >= 4 is 35.3 Å². The Kier molecular flexibility index (Phi) is 6.82. The average Bonchev–Trinajstić information content (AvgIpc) is 3.55. The lowest BCUT2D eigenvalue weighted by Crippen LogP contribution is -2.62. The number of nitrogens with zero attached hydrogens (tertiary/aromatic N) is 2. The molecule has 4 heterocycles. The zero-order valence-electron chi connectivity index (χ0n) is 21.7. The SMILES string of the molecule is C=CC(=O)N1CC[C@H](NC(=O)C2=C3NC(=O)N(c4ccc(Oc5ccccc5)cc4C)C4CCNC(S2)C34)C1. The van der Waals surface area contributed by atoms with E-state index in [1.165, 1.54) is 17.8 Å². The third kappa shape index (κ3) is 4.79. The molecular formula is C29H31N5O4S. The highest BCUT2D eigenvalue weighted by Gasteiger charge is 2.52. The van der Waals surface area contributed by atoms with Crippen molar-refractivity contribution < 1.29 is 19.1 Å². The van der Waals surface area contributed by atoms with Crippen LogP contribution in [0.15, 0.2) is 71.8 Å². The van der Waals surface area contributed by atoms with E-state index >= 15 is 0 Å². The first kappa shape index (κ1) is 25.5. The maximum absolute atomic E-state index is 13.6. The molecule has 0 aliphatic carbocycles. The molecule has 4 aliphatic heterocycles. The fourth-order valence-electron chi connectivity index (χ4n) is 5.95. The Morgan fingerprint density at radius 1 is 1.15 bits per heavy atom. The Bertz CT molecular complexity index is 1360. The van der Waals surface area contributed by atoms with Gasteiger partial charge in [0.25, 0.3) is 5.91 Å². The van der Waals surface area contributed by atoms with E-state index in [0.717, 1.165) is 30.0 Å². The van der Waals surface area contributed by atoms with Gasteiger partial charge in [0.05, 0.1) is 16.3 Å². The zero-order chi connectivity index (χ0) is 27.1. The number of carbonyl (C=O) groups is 3. The van der Waals surface area contributed by atoms with Crippen LogP contribution in [-0.4, -0.2) is 59.8 Å². The largest absolute Gasteiger partial charge is 0.457 e. The number of rotatable bonds is 6. The minimum absolute atomic E-state index is 0.00832. The van der Waals surface area contributed by atoms with E-state index in [-0.39, 0.29) is 41.2 Å². The molecule has 3 fully saturated rings. The van der Waals surface area contributed by atoms with Crippen molar-refractivity contribution in [3.05, 3.63) is 77.4 Å². The Morgan fingerprint density at radius 2 is 1.97 bits per heavy atom. The standard InChI is InChI=1S/C29H31N5O4S/c1-3-23(35)33-14-12-18(16-33)31-27(36)26-25-24-22(11-13-30-28(24)39-26)34(29(37)32-25)21-10-9-20(15-17(21)2)38-19-7-5-4-6-8-19/h3-10,15,18,22,24,28,30H,1,11-14,16H2,2H3,(H,31,36)(H,32,37)/t18-,22?,24?,28?/m0/s1. The molecule has 4 amide bonds. The number of thioether (sulfide) groups is 1. The van der Waals surface area contributed by atoms with Gasteiger partial charge >= 0.3 is 6.03 Å². The Hall–Kier alpha value is -3.76. The summed E-state index contributed by atoms with van der Waals surface area (Å²) >= 11 is 1.48. The summed E-state index contributed by atoms with van der Waals surface area (Å²) in [6.45, 7) is 7.32. The molecule has 202 valence electrons. The summed E-state index contributed by atoms with van der Waals surface area (Å²) in [5.41, 5.74) is 2.46. The number of anilines is 1. The van der Waals surface area contributed by atoms with E-state index in [1.54, 1.807) is 4.90 Å². The van der Waals surface area contributed by atoms with Crippen LogP contribution in [-0.2, 0) is 9.59 Å². The number of aryl methyl sites for hydroxylation is 1. The van der Waals surface area contributed by atoms with Gasteiger partial charge in [-0.3, -0.25) is 14.5 Å². The van der Waals surface area contributed by atoms with Gasteiger partial charge in [0, 0.05) is 36.4 Å². The number of hydrogen-bond acceptors (Lipinski definition) is 6. The van der Waals surface area contributed by atoms with Crippen molar-refractivity contribution in [1.82, 2.24) is 20.9 Å². The van der Waals surface area contributed by atoms with Crippen LogP contribution in [0.4, 0.5) is 10.5 Å². The predicted octanol–water partition coefficient (Wildman–Crippen LogP) is 3.48. The topological polar surface area (TPSA) is 103 Å². The highest BCUT2D eigenvalue weighted by molar-refractivity contribution is 8.04. The molecule has 2 aromatic carbocycles. The molecule has 4 atom stereocenters. The Balaban J connectivity index is 1.22. The number of carbonyl (C=O) groups excluding carboxylic acids is 3. The minimum atomic E-state index is -0.233. The molecule has 3 N–H and O–H groups in total. The second-order valence-corrected chi connectivity index (χ2v) is 11.4. The number of likely N-dealkylation sites (tertiary alicyclic amines) is 1. The normalized spacial score (nSPS) is 25.7. The van der Waals surface area contributed by atoms with Gasteiger partial charge in [0.15, 0.2) is 0 Å². The van der Waals surface area contributed by atoms with Crippen LogP contribution in [0.25, 0.3) is 0 Å². The molecule has 9 nitrogen and oxygen atoms in total. The van der Waals surface area contributed by atoms with E-state index in [4.69, 9.17) is 4.74 Å². The highest BCUT2D eigenvalue weighted by atomic mass is 32.2. The average molecular weight is 546 g/mol. The van der Waals surface area contributed by atoms with Crippen LogP contribution < -0.4 is 25.6 Å². The third-order valence-corrected chi connectivity index (χ3v) is 9.12. The number of nitrogens with one attached hydrogen (secondary N) is 3. The molecule has 4 aliphatic rings. The summed E-state index contributed by atoms with van der Waals surface area (Å²) < 4.78 is 5.99. The molecule has 3 unspecified atom stereocenters. The molecular weight excluding hydrogens is 514 g/mol. The second-order valence-electron chi connectivity index (χ2n) is 10.2. The monoisotopic (exact) mass is 545 g/mol. The fourth-order valence-corrected chi connectivity index (χ4v) is 7.35. The quantitative estimate of drug-likeness (QED) is 0.481.